The molecule has 0 fully saturated rings. The molecular weight excluding hydrogens is 434 g/mol. The van der Waals surface area contributed by atoms with E-state index < -0.39 is 4.87 Å². The van der Waals surface area contributed by atoms with Crippen molar-refractivity contribution >= 4 is 34.3 Å². The maximum absolute atomic E-state index is 11.9. The van der Waals surface area contributed by atoms with Gasteiger partial charge in [0.25, 0.3) is 4.87 Å². The van der Waals surface area contributed by atoms with Crippen LogP contribution in [0.5, 0.6) is 0 Å². The lowest BCUT2D eigenvalue weighted by Crippen LogP contribution is -3.00. The van der Waals surface area contributed by atoms with Crippen LogP contribution in [-0.2, 0) is 16.1 Å². The van der Waals surface area contributed by atoms with Crippen LogP contribution in [0, 0.1) is 6.57 Å². The van der Waals surface area contributed by atoms with Crippen molar-refractivity contribution in [2.24, 2.45) is 0 Å². The van der Waals surface area contributed by atoms with E-state index in [1.165, 1.54) is 11.8 Å². The monoisotopic (exact) mass is 453 g/mol. The molecule has 5 nitrogen and oxygen atoms in total. The van der Waals surface area contributed by atoms with E-state index in [-0.39, 0.29) is 29.4 Å². The van der Waals surface area contributed by atoms with Crippen LogP contribution in [0.4, 0.5) is 0 Å². The topological polar surface area (TPSA) is 39.5 Å². The van der Waals surface area contributed by atoms with Crippen molar-refractivity contribution in [3.05, 3.63) is 66.5 Å². The number of nitrogens with zero attached hydrogens (tertiary/aromatic N) is 3. The standard InChI is InChI=1S/C18H20N3O2S2.BrH/c1-18(19-2,25-17(24)21-12-6-7-13-21)9-8-16(22)23-15-14-20-10-4-3-5-11-20;/h3-7,10-13H,8-9,14-15H2,1H3;1H/q+1;/p-1. The molecule has 0 aliphatic carbocycles. The zero-order valence-corrected chi connectivity index (χ0v) is 17.6. The lowest BCUT2D eigenvalue weighted by atomic mass is 10.2. The van der Waals surface area contributed by atoms with Gasteiger partial charge in [-0.1, -0.05) is 18.3 Å². The molecule has 0 saturated carbocycles. The van der Waals surface area contributed by atoms with Crippen molar-refractivity contribution in [1.82, 2.24) is 4.57 Å². The second-order valence-corrected chi connectivity index (χ2v) is 7.69. The van der Waals surface area contributed by atoms with Crippen LogP contribution < -0.4 is 21.5 Å². The van der Waals surface area contributed by atoms with E-state index in [9.17, 15) is 4.79 Å². The van der Waals surface area contributed by atoms with Crippen LogP contribution in [-0.4, -0.2) is 26.3 Å². The van der Waals surface area contributed by atoms with Crippen LogP contribution in [0.1, 0.15) is 19.8 Å². The number of carbonyl (C=O) groups is 1. The number of esters is 1. The minimum absolute atomic E-state index is 0. The average molecular weight is 454 g/mol. The van der Waals surface area contributed by atoms with Gasteiger partial charge >= 0.3 is 5.97 Å². The second-order valence-electron chi connectivity index (χ2n) is 5.58. The molecular formula is C18H20BrN3O2S2. The molecule has 8 heteroatoms. The molecule has 2 aromatic rings. The van der Waals surface area contributed by atoms with E-state index in [0.717, 1.165) is 0 Å². The first kappa shape index (κ1) is 22.4. The summed E-state index contributed by atoms with van der Waals surface area (Å²) in [6.45, 7) is 10.2. The van der Waals surface area contributed by atoms with Crippen molar-refractivity contribution in [1.29, 1.82) is 0 Å². The third-order valence-corrected chi connectivity index (χ3v) is 5.12. The van der Waals surface area contributed by atoms with E-state index in [1.807, 2.05) is 59.7 Å². The summed E-state index contributed by atoms with van der Waals surface area (Å²) in [5.74, 6) is -0.293. The summed E-state index contributed by atoms with van der Waals surface area (Å²) in [4.78, 5) is 14.8. The lowest BCUT2D eigenvalue weighted by molar-refractivity contribution is -0.697. The third kappa shape index (κ3) is 7.28. The maximum Gasteiger partial charge on any atom is 0.306 e. The number of halogens is 1. The van der Waals surface area contributed by atoms with Crippen molar-refractivity contribution < 1.29 is 31.1 Å². The van der Waals surface area contributed by atoms with Gasteiger partial charge in [0.05, 0.1) is 6.42 Å². The van der Waals surface area contributed by atoms with Gasteiger partial charge in [0.15, 0.2) is 29.9 Å². The van der Waals surface area contributed by atoms with Gasteiger partial charge in [-0.25, -0.2) is 11.1 Å². The second kappa shape index (κ2) is 11.1. The van der Waals surface area contributed by atoms with Gasteiger partial charge in [-0.15, -0.1) is 0 Å². The number of pyridine rings is 1. The molecule has 1 unspecified atom stereocenters. The molecule has 0 amide bonds. The summed E-state index contributed by atoms with van der Waals surface area (Å²) in [5.41, 5.74) is 0. The third-order valence-electron chi connectivity index (χ3n) is 3.54. The molecule has 2 aromatic heterocycles. The highest BCUT2D eigenvalue weighted by Gasteiger charge is 2.34. The first-order valence-corrected chi connectivity index (χ1v) is 9.09. The number of rotatable bonds is 7. The summed E-state index contributed by atoms with van der Waals surface area (Å²) in [6, 6.07) is 9.54. The summed E-state index contributed by atoms with van der Waals surface area (Å²) in [6.07, 6.45) is 8.11. The van der Waals surface area contributed by atoms with Crippen LogP contribution in [0.25, 0.3) is 4.85 Å². The zero-order chi connectivity index (χ0) is 18.1. The normalized spacial score (nSPS) is 12.3. The summed E-state index contributed by atoms with van der Waals surface area (Å²) in [7, 11) is 0. The van der Waals surface area contributed by atoms with Gasteiger partial charge in [-0.2, -0.15) is 0 Å². The number of carbonyl (C=O) groups excluding carboxylic acids is 1. The fourth-order valence-electron chi connectivity index (χ4n) is 2.08. The van der Waals surface area contributed by atoms with Gasteiger partial charge in [0.1, 0.15) is 0 Å². The quantitative estimate of drug-likeness (QED) is 0.261. The highest BCUT2D eigenvalue weighted by Crippen LogP contribution is 2.33. The molecule has 2 heterocycles. The van der Waals surface area contributed by atoms with Crippen LogP contribution in [0.2, 0.25) is 0 Å². The molecule has 138 valence electrons. The Kier molecular flexibility index (Phi) is 9.55. The molecule has 0 radical (unpaired) electrons. The van der Waals surface area contributed by atoms with Gasteiger partial charge in [-0.3, -0.25) is 9.64 Å². The van der Waals surface area contributed by atoms with Gasteiger partial charge < -0.3 is 26.3 Å². The largest absolute Gasteiger partial charge is 1.00 e. The van der Waals surface area contributed by atoms with Crippen molar-refractivity contribution in [2.75, 3.05) is 6.61 Å². The Hall–Kier alpha value is -1.69. The molecule has 0 N–H and O–H groups in total. The van der Waals surface area contributed by atoms with Gasteiger partial charge in [-0.05, 0) is 23.9 Å². The van der Waals surface area contributed by atoms with E-state index in [0.29, 0.717) is 23.9 Å². The molecule has 2 rings (SSSR count). The molecule has 0 aliphatic heterocycles. The fourth-order valence-corrected chi connectivity index (χ4v) is 3.59. The van der Waals surface area contributed by atoms with Gasteiger partial charge in [0.2, 0.25) is 0 Å². The lowest BCUT2D eigenvalue weighted by Gasteiger charge is -2.16. The highest BCUT2D eigenvalue weighted by molar-refractivity contribution is 8.23. The highest BCUT2D eigenvalue weighted by atomic mass is 79.9. The Morgan fingerprint density at radius 3 is 2.54 bits per heavy atom. The van der Waals surface area contributed by atoms with Crippen molar-refractivity contribution in [3.8, 4) is 0 Å². The van der Waals surface area contributed by atoms with Crippen LogP contribution in [0.15, 0.2) is 55.1 Å². The number of hydrogen-bond acceptors (Lipinski definition) is 4. The van der Waals surface area contributed by atoms with E-state index >= 15 is 0 Å². The Bertz CT molecular complexity index is 748. The molecule has 1 atom stereocenters. The van der Waals surface area contributed by atoms with E-state index in [2.05, 4.69) is 4.85 Å². The number of aromatic nitrogens is 2. The summed E-state index contributed by atoms with van der Waals surface area (Å²) < 4.78 is 9.58. The Balaban J connectivity index is 0.00000338. The number of ether oxygens (including phenoxy) is 1. The Labute approximate surface area is 173 Å². The van der Waals surface area contributed by atoms with Crippen LogP contribution >= 0.6 is 24.0 Å². The molecule has 0 aromatic carbocycles. The number of thioether (sulfide) groups is 1. The van der Waals surface area contributed by atoms with Crippen molar-refractivity contribution in [2.45, 2.75) is 31.2 Å². The first-order chi connectivity index (χ1) is 12.0. The predicted octanol–water partition coefficient (Wildman–Crippen LogP) is 0.305. The maximum atomic E-state index is 11.9. The predicted molar refractivity (Wildman–Crippen MR) is 102 cm³/mol. The first-order valence-electron chi connectivity index (χ1n) is 7.87. The summed E-state index contributed by atoms with van der Waals surface area (Å²) >= 11 is 6.65. The van der Waals surface area contributed by atoms with Gasteiger partial charge in [0, 0.05) is 37.9 Å². The minimum Gasteiger partial charge on any atom is -1.00 e. The molecule has 0 saturated heterocycles. The number of hydrogen-bond donors (Lipinski definition) is 0. The number of thiocarbonyl (C=S) groups is 1. The average Bonchev–Trinajstić information content (AvgIpc) is 3.16. The molecule has 0 bridgehead atoms. The van der Waals surface area contributed by atoms with E-state index in [1.54, 1.807) is 11.5 Å². The SMILES string of the molecule is [Br-].[C-]#[N+]C(C)(CCC(=O)OCC[n+]1ccccc1)SC(=S)n1cccc1. The fraction of sp³-hybridized carbons (Fsp3) is 0.333. The zero-order valence-electron chi connectivity index (χ0n) is 14.4. The molecule has 26 heavy (non-hydrogen) atoms. The Morgan fingerprint density at radius 2 is 1.92 bits per heavy atom. The minimum atomic E-state index is -0.783. The smallest absolute Gasteiger partial charge is 0.306 e. The molecule has 0 spiro atoms. The molecule has 0 aliphatic rings. The van der Waals surface area contributed by atoms with E-state index in [4.69, 9.17) is 23.5 Å². The van der Waals surface area contributed by atoms with Crippen LogP contribution in [0.3, 0.4) is 0 Å². The van der Waals surface area contributed by atoms with Crippen molar-refractivity contribution in [3.63, 3.8) is 0 Å². The summed E-state index contributed by atoms with van der Waals surface area (Å²) in [5, 5.41) is 0. The Morgan fingerprint density at radius 1 is 1.27 bits per heavy atom.